The van der Waals surface area contributed by atoms with Crippen LogP contribution in [0.5, 0.6) is 5.06 Å². The molecule has 0 saturated carbocycles. The highest BCUT2D eigenvalue weighted by Gasteiger charge is 2.31. The van der Waals surface area contributed by atoms with E-state index in [1.807, 2.05) is 12.1 Å². The van der Waals surface area contributed by atoms with Crippen LogP contribution < -0.4 is 4.74 Å². The molecule has 1 unspecified atom stereocenters. The van der Waals surface area contributed by atoms with Crippen LogP contribution in [0.2, 0.25) is 0 Å². The highest BCUT2D eigenvalue weighted by atomic mass is 32.2. The Bertz CT molecular complexity index is 980. The van der Waals surface area contributed by atoms with Crippen molar-refractivity contribution >= 4 is 21.4 Å². The van der Waals surface area contributed by atoms with E-state index in [0.717, 1.165) is 41.4 Å². The van der Waals surface area contributed by atoms with Crippen molar-refractivity contribution in [3.8, 4) is 5.06 Å². The fourth-order valence-corrected chi connectivity index (χ4v) is 6.82. The molecular weight excluding hydrogens is 416 g/mol. The Morgan fingerprint density at radius 2 is 1.83 bits per heavy atom. The summed E-state index contributed by atoms with van der Waals surface area (Å²) in [5, 5.41) is 0.927. The lowest BCUT2D eigenvalue weighted by Crippen LogP contribution is -2.35. The second kappa shape index (κ2) is 8.61. The molecule has 2 aliphatic rings. The number of fused-ring (bicyclic) bond motifs is 1. The molecule has 1 aromatic carbocycles. The summed E-state index contributed by atoms with van der Waals surface area (Å²) in [6, 6.07) is 9.99. The minimum atomic E-state index is -3.48. The molecule has 0 spiro atoms. The first kappa shape index (κ1) is 21.8. The maximum atomic E-state index is 13.2. The van der Waals surface area contributed by atoms with Crippen LogP contribution in [0.3, 0.4) is 0 Å². The highest BCUT2D eigenvalue weighted by molar-refractivity contribution is 7.89. The van der Waals surface area contributed by atoms with Gasteiger partial charge in [0, 0.05) is 37.1 Å². The number of ether oxygens (including phenoxy) is 1. The van der Waals surface area contributed by atoms with Crippen molar-refractivity contribution in [3.63, 3.8) is 0 Å². The van der Waals surface area contributed by atoms with Crippen LogP contribution in [-0.2, 0) is 23.0 Å². The molecule has 5 nitrogen and oxygen atoms in total. The van der Waals surface area contributed by atoms with Crippen molar-refractivity contribution in [1.82, 2.24) is 9.21 Å². The number of benzene rings is 1. The van der Waals surface area contributed by atoms with Crippen LogP contribution in [0.25, 0.3) is 0 Å². The number of rotatable bonds is 6. The van der Waals surface area contributed by atoms with Gasteiger partial charge < -0.3 is 4.74 Å². The lowest BCUT2D eigenvalue weighted by atomic mass is 10.0. The van der Waals surface area contributed by atoms with E-state index in [9.17, 15) is 8.42 Å². The van der Waals surface area contributed by atoms with Gasteiger partial charge in [-0.2, -0.15) is 4.31 Å². The van der Waals surface area contributed by atoms with Gasteiger partial charge in [-0.05, 0) is 61.9 Å². The van der Waals surface area contributed by atoms with Crippen LogP contribution >= 0.6 is 11.3 Å². The summed E-state index contributed by atoms with van der Waals surface area (Å²) >= 11 is 1.61. The van der Waals surface area contributed by atoms with Gasteiger partial charge in [0.2, 0.25) is 10.0 Å². The number of thiophene rings is 1. The topological polar surface area (TPSA) is 49.9 Å². The normalized spacial score (nSPS) is 20.8. The number of nitrogens with zero attached hydrogens (tertiary/aromatic N) is 2. The summed E-state index contributed by atoms with van der Waals surface area (Å²) in [7, 11) is -3.48. The number of sulfonamides is 1. The predicted molar refractivity (Wildman–Crippen MR) is 122 cm³/mol. The van der Waals surface area contributed by atoms with Crippen LogP contribution in [0.1, 0.15) is 56.0 Å². The van der Waals surface area contributed by atoms with Crippen molar-refractivity contribution in [3.05, 3.63) is 46.3 Å². The first-order valence-corrected chi connectivity index (χ1v) is 13.1. The molecule has 1 saturated heterocycles. The van der Waals surface area contributed by atoms with E-state index in [2.05, 4.69) is 38.7 Å². The minimum absolute atomic E-state index is 0.229. The monoisotopic (exact) mass is 448 g/mol. The molecule has 0 aliphatic carbocycles. The van der Waals surface area contributed by atoms with Crippen LogP contribution in [0, 0.1) is 0 Å². The van der Waals surface area contributed by atoms with Gasteiger partial charge in [-0.3, -0.25) is 4.90 Å². The minimum Gasteiger partial charge on any atom is -0.479 e. The van der Waals surface area contributed by atoms with Gasteiger partial charge in [0.05, 0.1) is 4.90 Å². The van der Waals surface area contributed by atoms with E-state index in [1.54, 1.807) is 27.8 Å². The molecule has 4 rings (SSSR count). The SMILES string of the molecule is CC(C)c1ccc(S(=O)(=O)N2CCc3cc(OC4CCN(C(C)C)C4)sc3C2)cc1. The van der Waals surface area contributed by atoms with Gasteiger partial charge in [-0.15, -0.1) is 11.3 Å². The molecule has 2 aliphatic heterocycles. The third-order valence-electron chi connectivity index (χ3n) is 6.20. The number of hydrogen-bond acceptors (Lipinski definition) is 5. The second-order valence-corrected chi connectivity index (χ2v) is 12.0. The second-order valence-electron chi connectivity index (χ2n) is 8.94. The lowest BCUT2D eigenvalue weighted by molar-refractivity contribution is 0.192. The van der Waals surface area contributed by atoms with Gasteiger partial charge in [0.15, 0.2) is 5.06 Å². The van der Waals surface area contributed by atoms with Crippen molar-refractivity contribution in [2.75, 3.05) is 19.6 Å². The van der Waals surface area contributed by atoms with Gasteiger partial charge in [-0.25, -0.2) is 8.42 Å². The van der Waals surface area contributed by atoms with E-state index in [4.69, 9.17) is 4.74 Å². The van der Waals surface area contributed by atoms with Crippen molar-refractivity contribution < 1.29 is 13.2 Å². The van der Waals surface area contributed by atoms with E-state index in [-0.39, 0.29) is 6.10 Å². The molecule has 7 heteroatoms. The van der Waals surface area contributed by atoms with Gasteiger partial charge >= 0.3 is 0 Å². The zero-order valence-electron chi connectivity index (χ0n) is 18.3. The molecule has 1 fully saturated rings. The zero-order chi connectivity index (χ0) is 21.5. The third kappa shape index (κ3) is 4.44. The Kier molecular flexibility index (Phi) is 6.26. The first-order valence-electron chi connectivity index (χ1n) is 10.9. The van der Waals surface area contributed by atoms with Crippen molar-refractivity contribution in [2.45, 2.75) is 70.0 Å². The summed E-state index contributed by atoms with van der Waals surface area (Å²) in [5.41, 5.74) is 2.38. The standard InChI is InChI=1S/C23H32N2O3S2/c1-16(2)18-5-7-21(8-6-18)30(26,27)25-12-9-19-13-23(29-22(19)15-25)28-20-10-11-24(14-20)17(3)4/h5-8,13,16-17,20H,9-12,14-15H2,1-4H3. The molecule has 0 bridgehead atoms. The maximum Gasteiger partial charge on any atom is 0.243 e. The molecule has 1 aromatic heterocycles. The first-order chi connectivity index (χ1) is 14.2. The maximum absolute atomic E-state index is 13.2. The van der Waals surface area contributed by atoms with Gasteiger partial charge in [0.25, 0.3) is 0 Å². The Morgan fingerprint density at radius 3 is 2.47 bits per heavy atom. The summed E-state index contributed by atoms with van der Waals surface area (Å²) in [6.07, 6.45) is 2.02. The molecule has 0 radical (unpaired) electrons. The smallest absolute Gasteiger partial charge is 0.243 e. The molecule has 0 N–H and O–H groups in total. The molecule has 1 atom stereocenters. The van der Waals surface area contributed by atoms with Gasteiger partial charge in [0.1, 0.15) is 6.10 Å². The van der Waals surface area contributed by atoms with E-state index in [0.29, 0.717) is 29.9 Å². The molecular formula is C23H32N2O3S2. The van der Waals surface area contributed by atoms with Crippen LogP contribution in [0.15, 0.2) is 35.2 Å². The Labute approximate surface area is 184 Å². The van der Waals surface area contributed by atoms with Crippen molar-refractivity contribution in [1.29, 1.82) is 0 Å². The molecule has 2 aromatic rings. The summed E-state index contributed by atoms with van der Waals surface area (Å²) in [6.45, 7) is 11.6. The van der Waals surface area contributed by atoms with E-state index >= 15 is 0 Å². The predicted octanol–water partition coefficient (Wildman–Crippen LogP) is 4.48. The Morgan fingerprint density at radius 1 is 1.10 bits per heavy atom. The molecule has 0 amide bonds. The zero-order valence-corrected chi connectivity index (χ0v) is 19.9. The molecule has 3 heterocycles. The van der Waals surface area contributed by atoms with E-state index in [1.165, 1.54) is 5.56 Å². The van der Waals surface area contributed by atoms with Crippen LogP contribution in [0.4, 0.5) is 0 Å². The average Bonchev–Trinajstić information content (AvgIpc) is 3.34. The Balaban J connectivity index is 1.44. The highest BCUT2D eigenvalue weighted by Crippen LogP contribution is 2.36. The van der Waals surface area contributed by atoms with Crippen LogP contribution in [-0.4, -0.2) is 49.4 Å². The average molecular weight is 449 g/mol. The lowest BCUT2D eigenvalue weighted by Gasteiger charge is -2.26. The Hall–Kier alpha value is -1.41. The number of likely N-dealkylation sites (tertiary alicyclic amines) is 1. The fraction of sp³-hybridized carbons (Fsp3) is 0.565. The fourth-order valence-electron chi connectivity index (χ4n) is 4.19. The van der Waals surface area contributed by atoms with E-state index < -0.39 is 10.0 Å². The van der Waals surface area contributed by atoms with Gasteiger partial charge in [-0.1, -0.05) is 26.0 Å². The third-order valence-corrected chi connectivity index (χ3v) is 9.11. The van der Waals surface area contributed by atoms with Crippen molar-refractivity contribution in [2.24, 2.45) is 0 Å². The summed E-state index contributed by atoms with van der Waals surface area (Å²) < 4.78 is 34.2. The largest absolute Gasteiger partial charge is 0.479 e. The molecule has 164 valence electrons. The quantitative estimate of drug-likeness (QED) is 0.654. The summed E-state index contributed by atoms with van der Waals surface area (Å²) in [5.74, 6) is 0.385. The molecule has 30 heavy (non-hydrogen) atoms. The summed E-state index contributed by atoms with van der Waals surface area (Å²) in [4.78, 5) is 3.93. The number of hydrogen-bond donors (Lipinski definition) is 0.